The van der Waals surface area contributed by atoms with E-state index in [1.165, 1.54) is 16.6 Å². The van der Waals surface area contributed by atoms with Crippen molar-refractivity contribution in [2.75, 3.05) is 24.7 Å². The topological polar surface area (TPSA) is 45.2 Å². The highest BCUT2D eigenvalue weighted by atomic mass is 32.2. The zero-order chi connectivity index (χ0) is 14.7. The standard InChI is InChI=1S/C15H17N3OS2/c1-18-8-7-12-13(9-18)21-15(16-12)17-14(19)10-20-11-5-3-2-4-6-11/h2-6H,7-10H2,1H3,(H,16,17,19). The van der Waals surface area contributed by atoms with Gasteiger partial charge in [0.15, 0.2) is 5.13 Å². The van der Waals surface area contributed by atoms with Gasteiger partial charge in [0.1, 0.15) is 0 Å². The first-order valence-corrected chi connectivity index (χ1v) is 8.66. The normalized spacial score (nSPS) is 14.7. The number of carbonyl (C=O) groups is 1. The summed E-state index contributed by atoms with van der Waals surface area (Å²) < 4.78 is 0. The van der Waals surface area contributed by atoms with Crippen LogP contribution in [0.15, 0.2) is 35.2 Å². The molecule has 1 aliphatic rings. The van der Waals surface area contributed by atoms with E-state index in [4.69, 9.17) is 0 Å². The van der Waals surface area contributed by atoms with Crippen molar-refractivity contribution in [3.05, 3.63) is 40.9 Å². The van der Waals surface area contributed by atoms with Gasteiger partial charge < -0.3 is 10.2 Å². The van der Waals surface area contributed by atoms with Crippen molar-refractivity contribution in [2.24, 2.45) is 0 Å². The quantitative estimate of drug-likeness (QED) is 0.880. The van der Waals surface area contributed by atoms with Crippen molar-refractivity contribution in [2.45, 2.75) is 17.9 Å². The summed E-state index contributed by atoms with van der Waals surface area (Å²) in [5, 5.41) is 3.64. The molecule has 0 unspecified atom stereocenters. The molecule has 1 aliphatic heterocycles. The third kappa shape index (κ3) is 3.84. The number of nitrogens with one attached hydrogen (secondary N) is 1. The molecule has 110 valence electrons. The molecule has 6 heteroatoms. The second-order valence-electron chi connectivity index (χ2n) is 5.03. The van der Waals surface area contributed by atoms with Crippen LogP contribution < -0.4 is 5.32 Å². The predicted octanol–water partition coefficient (Wildman–Crippen LogP) is 2.86. The zero-order valence-electron chi connectivity index (χ0n) is 11.8. The first-order valence-electron chi connectivity index (χ1n) is 6.85. The average Bonchev–Trinajstić information content (AvgIpc) is 2.87. The van der Waals surface area contributed by atoms with Crippen molar-refractivity contribution in [3.63, 3.8) is 0 Å². The van der Waals surface area contributed by atoms with Gasteiger partial charge in [-0.3, -0.25) is 4.79 Å². The lowest BCUT2D eigenvalue weighted by Gasteiger charge is -2.20. The summed E-state index contributed by atoms with van der Waals surface area (Å²) in [6.45, 7) is 1.97. The number of likely N-dealkylation sites (N-methyl/N-ethyl adjacent to an activating group) is 1. The summed E-state index contributed by atoms with van der Waals surface area (Å²) in [6.07, 6.45) is 0.969. The minimum atomic E-state index is 0.00306. The van der Waals surface area contributed by atoms with Gasteiger partial charge in [0.25, 0.3) is 0 Å². The van der Waals surface area contributed by atoms with Crippen LogP contribution in [-0.4, -0.2) is 35.1 Å². The Morgan fingerprint density at radius 2 is 2.24 bits per heavy atom. The molecule has 0 radical (unpaired) electrons. The van der Waals surface area contributed by atoms with E-state index in [-0.39, 0.29) is 5.91 Å². The van der Waals surface area contributed by atoms with E-state index in [9.17, 15) is 4.79 Å². The molecule has 0 bridgehead atoms. The number of fused-ring (bicyclic) bond motifs is 1. The van der Waals surface area contributed by atoms with Gasteiger partial charge in [-0.2, -0.15) is 0 Å². The fourth-order valence-electron chi connectivity index (χ4n) is 2.20. The Hall–Kier alpha value is -1.37. The maximum Gasteiger partial charge on any atom is 0.236 e. The van der Waals surface area contributed by atoms with E-state index >= 15 is 0 Å². The maximum absolute atomic E-state index is 12.0. The lowest BCUT2D eigenvalue weighted by molar-refractivity contribution is -0.113. The van der Waals surface area contributed by atoms with Gasteiger partial charge in [-0.05, 0) is 19.2 Å². The van der Waals surface area contributed by atoms with Crippen molar-refractivity contribution in [1.82, 2.24) is 9.88 Å². The van der Waals surface area contributed by atoms with Crippen molar-refractivity contribution in [1.29, 1.82) is 0 Å². The number of carbonyl (C=O) groups excluding carboxylic acids is 1. The molecule has 1 N–H and O–H groups in total. The summed E-state index contributed by atoms with van der Waals surface area (Å²) >= 11 is 3.13. The van der Waals surface area contributed by atoms with E-state index in [2.05, 4.69) is 22.2 Å². The number of hydrogen-bond acceptors (Lipinski definition) is 5. The smallest absolute Gasteiger partial charge is 0.236 e. The molecule has 3 rings (SSSR count). The Morgan fingerprint density at radius 3 is 3.05 bits per heavy atom. The Balaban J connectivity index is 1.55. The molecule has 0 aliphatic carbocycles. The highest BCUT2D eigenvalue weighted by Crippen LogP contribution is 2.28. The van der Waals surface area contributed by atoms with Crippen LogP contribution in [0.3, 0.4) is 0 Å². The first-order chi connectivity index (χ1) is 10.2. The lowest BCUT2D eigenvalue weighted by Crippen LogP contribution is -2.25. The number of thiazole rings is 1. The predicted molar refractivity (Wildman–Crippen MR) is 87.9 cm³/mol. The molecule has 0 fully saturated rings. The Kier molecular flexibility index (Phi) is 4.57. The first kappa shape index (κ1) is 14.6. The lowest BCUT2D eigenvalue weighted by atomic mass is 10.2. The van der Waals surface area contributed by atoms with Crippen molar-refractivity contribution < 1.29 is 4.79 Å². The van der Waals surface area contributed by atoms with Crippen LogP contribution in [-0.2, 0) is 17.8 Å². The van der Waals surface area contributed by atoms with Crippen LogP contribution >= 0.6 is 23.1 Å². The highest BCUT2D eigenvalue weighted by Gasteiger charge is 2.19. The molecular formula is C15H17N3OS2. The van der Waals surface area contributed by atoms with Gasteiger partial charge >= 0.3 is 0 Å². The van der Waals surface area contributed by atoms with Crippen LogP contribution in [0.25, 0.3) is 0 Å². The molecular weight excluding hydrogens is 302 g/mol. The number of nitrogens with zero attached hydrogens (tertiary/aromatic N) is 2. The molecule has 0 spiro atoms. The van der Waals surface area contributed by atoms with E-state index < -0.39 is 0 Å². The van der Waals surface area contributed by atoms with Gasteiger partial charge in [-0.15, -0.1) is 23.1 Å². The van der Waals surface area contributed by atoms with E-state index in [1.54, 1.807) is 11.3 Å². The van der Waals surface area contributed by atoms with Crippen LogP contribution in [0.2, 0.25) is 0 Å². The van der Waals surface area contributed by atoms with Crippen LogP contribution in [0.4, 0.5) is 5.13 Å². The van der Waals surface area contributed by atoms with Crippen LogP contribution in [0.5, 0.6) is 0 Å². The molecule has 2 aromatic rings. The van der Waals surface area contributed by atoms with Gasteiger partial charge in [0, 0.05) is 29.3 Å². The SMILES string of the molecule is CN1CCc2nc(NC(=O)CSc3ccccc3)sc2C1. The van der Waals surface area contributed by atoms with E-state index in [1.807, 2.05) is 30.3 Å². The average molecular weight is 319 g/mol. The summed E-state index contributed by atoms with van der Waals surface area (Å²) in [4.78, 5) is 21.2. The number of aromatic nitrogens is 1. The summed E-state index contributed by atoms with van der Waals surface area (Å²) in [5.74, 6) is 0.414. The molecule has 4 nitrogen and oxygen atoms in total. The molecule has 0 atom stereocenters. The summed E-state index contributed by atoms with van der Waals surface area (Å²) in [5.41, 5.74) is 1.14. The van der Waals surface area contributed by atoms with Gasteiger partial charge in [-0.25, -0.2) is 4.98 Å². The molecule has 2 heterocycles. The third-order valence-corrected chi connectivity index (χ3v) is 5.29. The minimum absolute atomic E-state index is 0.00306. The van der Waals surface area contributed by atoms with Gasteiger partial charge in [0.05, 0.1) is 11.4 Å². The van der Waals surface area contributed by atoms with Crippen LogP contribution in [0.1, 0.15) is 10.6 Å². The number of thioether (sulfide) groups is 1. The zero-order valence-corrected chi connectivity index (χ0v) is 13.5. The number of anilines is 1. The second kappa shape index (κ2) is 6.60. The second-order valence-corrected chi connectivity index (χ2v) is 7.16. The maximum atomic E-state index is 12.0. The summed E-state index contributed by atoms with van der Waals surface area (Å²) in [6, 6.07) is 9.95. The van der Waals surface area contributed by atoms with Crippen molar-refractivity contribution in [3.8, 4) is 0 Å². The van der Waals surface area contributed by atoms with Crippen LogP contribution in [0, 0.1) is 0 Å². The van der Waals surface area contributed by atoms with E-state index in [0.29, 0.717) is 5.75 Å². The molecule has 1 aromatic heterocycles. The number of rotatable bonds is 4. The van der Waals surface area contributed by atoms with E-state index in [0.717, 1.165) is 35.2 Å². The molecule has 0 saturated carbocycles. The number of benzene rings is 1. The Bertz CT molecular complexity index is 627. The molecule has 1 amide bonds. The Labute approximate surface area is 132 Å². The summed E-state index contributed by atoms with van der Waals surface area (Å²) in [7, 11) is 2.11. The number of amides is 1. The molecule has 1 aromatic carbocycles. The molecule has 0 saturated heterocycles. The monoisotopic (exact) mass is 319 g/mol. The van der Waals surface area contributed by atoms with Crippen molar-refractivity contribution >= 4 is 34.1 Å². The largest absolute Gasteiger partial charge is 0.301 e. The van der Waals surface area contributed by atoms with Gasteiger partial charge in [0.2, 0.25) is 5.91 Å². The van der Waals surface area contributed by atoms with Gasteiger partial charge in [-0.1, -0.05) is 18.2 Å². The third-order valence-electron chi connectivity index (χ3n) is 3.28. The molecule has 21 heavy (non-hydrogen) atoms. The fourth-order valence-corrected chi connectivity index (χ4v) is 4.02. The minimum Gasteiger partial charge on any atom is -0.301 e. The highest BCUT2D eigenvalue weighted by molar-refractivity contribution is 8.00. The number of hydrogen-bond donors (Lipinski definition) is 1. The Morgan fingerprint density at radius 1 is 1.43 bits per heavy atom. The fraction of sp³-hybridized carbons (Fsp3) is 0.333.